The summed E-state index contributed by atoms with van der Waals surface area (Å²) in [6, 6.07) is 15.9. The Bertz CT molecular complexity index is 757. The van der Waals surface area contributed by atoms with Crippen molar-refractivity contribution in [2.24, 2.45) is 5.73 Å². The van der Waals surface area contributed by atoms with E-state index in [-0.39, 0.29) is 0 Å². The Kier molecular flexibility index (Phi) is 2.60. The van der Waals surface area contributed by atoms with Crippen LogP contribution in [0.4, 0.5) is 0 Å². The van der Waals surface area contributed by atoms with Gasteiger partial charge in [0.1, 0.15) is 0 Å². The minimum Gasteiger partial charge on any atom is -0.366 e. The molecule has 1 amide bonds. The predicted molar refractivity (Wildman–Crippen MR) is 77.0 cm³/mol. The van der Waals surface area contributed by atoms with Crippen LogP contribution < -0.4 is 5.73 Å². The highest BCUT2D eigenvalue weighted by atomic mass is 16.1. The van der Waals surface area contributed by atoms with Crippen LogP contribution in [0.5, 0.6) is 0 Å². The summed E-state index contributed by atoms with van der Waals surface area (Å²) in [5, 5.41) is 1.01. The summed E-state index contributed by atoms with van der Waals surface area (Å²) in [7, 11) is 0. The zero-order valence-corrected chi connectivity index (χ0v) is 10.6. The third-order valence-corrected chi connectivity index (χ3v) is 3.22. The van der Waals surface area contributed by atoms with Gasteiger partial charge in [0.05, 0.1) is 11.1 Å². The summed E-state index contributed by atoms with van der Waals surface area (Å²) in [4.78, 5) is 14.8. The lowest BCUT2D eigenvalue weighted by molar-refractivity contribution is 0.100. The molecule has 94 valence electrons. The maximum atomic E-state index is 11.5. The van der Waals surface area contributed by atoms with E-state index in [2.05, 4.69) is 4.98 Å². The highest BCUT2D eigenvalue weighted by Gasteiger charge is 2.11. The summed E-state index contributed by atoms with van der Waals surface area (Å²) in [5.74, 6) is -0.407. The van der Waals surface area contributed by atoms with Crippen LogP contribution in [-0.4, -0.2) is 10.9 Å². The van der Waals surface area contributed by atoms with Crippen LogP contribution in [0.15, 0.2) is 48.5 Å². The van der Waals surface area contributed by atoms with E-state index >= 15 is 0 Å². The van der Waals surface area contributed by atoms with Crippen LogP contribution in [0.2, 0.25) is 0 Å². The minimum absolute atomic E-state index is 0.407. The number of hydrogen-bond acceptors (Lipinski definition) is 1. The van der Waals surface area contributed by atoms with Gasteiger partial charge in [0, 0.05) is 11.1 Å². The number of primary amides is 1. The van der Waals surface area contributed by atoms with E-state index < -0.39 is 5.91 Å². The Labute approximate surface area is 111 Å². The second kappa shape index (κ2) is 4.28. The Morgan fingerprint density at radius 2 is 1.84 bits per heavy atom. The predicted octanol–water partition coefficient (Wildman–Crippen LogP) is 3.24. The molecule has 3 nitrogen and oxygen atoms in total. The van der Waals surface area contributed by atoms with Crippen LogP contribution in [0, 0.1) is 6.92 Å². The van der Waals surface area contributed by atoms with Gasteiger partial charge in [-0.1, -0.05) is 30.3 Å². The van der Waals surface area contributed by atoms with Gasteiger partial charge in [-0.05, 0) is 36.2 Å². The fraction of sp³-hybridized carbons (Fsp3) is 0.0625. The normalized spacial score (nSPS) is 10.8. The third-order valence-electron chi connectivity index (χ3n) is 3.22. The quantitative estimate of drug-likeness (QED) is 0.720. The summed E-state index contributed by atoms with van der Waals surface area (Å²) < 4.78 is 0. The molecule has 0 aliphatic heterocycles. The molecule has 0 spiro atoms. The molecule has 0 saturated carbocycles. The van der Waals surface area contributed by atoms with E-state index in [0.29, 0.717) is 5.56 Å². The largest absolute Gasteiger partial charge is 0.366 e. The molecule has 0 aliphatic carbocycles. The van der Waals surface area contributed by atoms with Crippen molar-refractivity contribution in [2.75, 3.05) is 0 Å². The number of aromatic nitrogens is 1. The number of carbonyl (C=O) groups excluding carboxylic acids is 1. The van der Waals surface area contributed by atoms with Crippen LogP contribution in [0.3, 0.4) is 0 Å². The lowest BCUT2D eigenvalue weighted by Gasteiger charge is -2.00. The van der Waals surface area contributed by atoms with Gasteiger partial charge >= 0.3 is 0 Å². The lowest BCUT2D eigenvalue weighted by atomic mass is 10.1. The van der Waals surface area contributed by atoms with Crippen LogP contribution in [-0.2, 0) is 0 Å². The number of benzene rings is 2. The number of carbonyl (C=O) groups is 1. The molecule has 0 aliphatic rings. The van der Waals surface area contributed by atoms with Crippen molar-refractivity contribution >= 4 is 16.8 Å². The topological polar surface area (TPSA) is 58.9 Å². The van der Waals surface area contributed by atoms with Crippen molar-refractivity contribution in [1.82, 2.24) is 4.98 Å². The summed E-state index contributed by atoms with van der Waals surface area (Å²) in [5.41, 5.74) is 9.89. The van der Waals surface area contributed by atoms with Crippen molar-refractivity contribution in [3.05, 3.63) is 59.7 Å². The molecule has 1 aromatic heterocycles. The monoisotopic (exact) mass is 250 g/mol. The van der Waals surface area contributed by atoms with Crippen molar-refractivity contribution in [1.29, 1.82) is 0 Å². The molecule has 3 aromatic rings. The number of aromatic amines is 1. The summed E-state index contributed by atoms with van der Waals surface area (Å²) in [6.45, 7) is 1.96. The minimum atomic E-state index is -0.407. The van der Waals surface area contributed by atoms with Gasteiger partial charge in [0.15, 0.2) is 0 Å². The zero-order valence-electron chi connectivity index (χ0n) is 10.6. The number of nitrogens with one attached hydrogen (secondary N) is 1. The summed E-state index contributed by atoms with van der Waals surface area (Å²) >= 11 is 0. The van der Waals surface area contributed by atoms with E-state index in [1.807, 2.05) is 55.5 Å². The van der Waals surface area contributed by atoms with E-state index in [9.17, 15) is 4.79 Å². The molecular weight excluding hydrogens is 236 g/mol. The van der Waals surface area contributed by atoms with Crippen molar-refractivity contribution < 1.29 is 4.79 Å². The average Bonchev–Trinajstić information content (AvgIpc) is 2.82. The molecule has 0 saturated heterocycles. The molecule has 0 fully saturated rings. The Morgan fingerprint density at radius 1 is 1.11 bits per heavy atom. The van der Waals surface area contributed by atoms with E-state index in [0.717, 1.165) is 27.7 Å². The molecule has 0 unspecified atom stereocenters. The average molecular weight is 250 g/mol. The van der Waals surface area contributed by atoms with Gasteiger partial charge in [-0.25, -0.2) is 0 Å². The number of aryl methyl sites for hydroxylation is 1. The second-order valence-corrected chi connectivity index (χ2v) is 4.69. The SMILES string of the molecule is Cc1cc(C(N)=O)c2[nH]c(-c3ccccc3)cc2c1. The molecule has 3 rings (SSSR count). The van der Waals surface area contributed by atoms with Crippen molar-refractivity contribution in [3.63, 3.8) is 0 Å². The number of nitrogens with two attached hydrogens (primary N) is 1. The number of H-pyrrole nitrogens is 1. The van der Waals surface area contributed by atoms with Crippen molar-refractivity contribution in [3.8, 4) is 11.3 Å². The number of fused-ring (bicyclic) bond motifs is 1. The molecule has 2 aromatic carbocycles. The number of rotatable bonds is 2. The first-order valence-corrected chi connectivity index (χ1v) is 6.14. The van der Waals surface area contributed by atoms with Gasteiger partial charge in [-0.3, -0.25) is 4.79 Å². The molecule has 0 atom stereocenters. The van der Waals surface area contributed by atoms with Gasteiger partial charge in [0.2, 0.25) is 0 Å². The second-order valence-electron chi connectivity index (χ2n) is 4.69. The van der Waals surface area contributed by atoms with Crippen LogP contribution >= 0.6 is 0 Å². The fourth-order valence-electron chi connectivity index (χ4n) is 2.36. The Balaban J connectivity index is 2.26. The highest BCUT2D eigenvalue weighted by molar-refractivity contribution is 6.06. The Hall–Kier alpha value is -2.55. The molecule has 3 heteroatoms. The maximum Gasteiger partial charge on any atom is 0.250 e. The van der Waals surface area contributed by atoms with Gasteiger partial charge in [0.25, 0.3) is 5.91 Å². The number of amides is 1. The maximum absolute atomic E-state index is 11.5. The van der Waals surface area contributed by atoms with Crippen LogP contribution in [0.1, 0.15) is 15.9 Å². The van der Waals surface area contributed by atoms with E-state index in [4.69, 9.17) is 5.73 Å². The van der Waals surface area contributed by atoms with E-state index in [1.165, 1.54) is 0 Å². The molecule has 19 heavy (non-hydrogen) atoms. The number of hydrogen-bond donors (Lipinski definition) is 2. The first-order chi connectivity index (χ1) is 9.15. The van der Waals surface area contributed by atoms with Gasteiger partial charge < -0.3 is 10.7 Å². The molecule has 3 N–H and O–H groups in total. The fourth-order valence-corrected chi connectivity index (χ4v) is 2.36. The smallest absolute Gasteiger partial charge is 0.250 e. The first kappa shape index (κ1) is 11.5. The zero-order chi connectivity index (χ0) is 13.4. The molecular formula is C16H14N2O. The van der Waals surface area contributed by atoms with Gasteiger partial charge in [-0.15, -0.1) is 0 Å². The molecule has 0 bridgehead atoms. The van der Waals surface area contributed by atoms with Crippen molar-refractivity contribution in [2.45, 2.75) is 6.92 Å². The van der Waals surface area contributed by atoms with E-state index in [1.54, 1.807) is 0 Å². The summed E-state index contributed by atoms with van der Waals surface area (Å²) in [6.07, 6.45) is 0. The van der Waals surface area contributed by atoms with Gasteiger partial charge in [-0.2, -0.15) is 0 Å². The molecule has 1 heterocycles. The molecule has 0 radical (unpaired) electrons. The Morgan fingerprint density at radius 3 is 2.53 bits per heavy atom. The third kappa shape index (κ3) is 1.99. The van der Waals surface area contributed by atoms with Crippen LogP contribution in [0.25, 0.3) is 22.2 Å². The standard InChI is InChI=1S/C16H14N2O/c1-10-7-12-9-14(11-5-3-2-4-6-11)18-15(12)13(8-10)16(17)19/h2-9,18H,1H3,(H2,17,19). The first-order valence-electron chi connectivity index (χ1n) is 6.14. The highest BCUT2D eigenvalue weighted by Crippen LogP contribution is 2.27. The lowest BCUT2D eigenvalue weighted by Crippen LogP contribution is -2.11.